The molecule has 0 radical (unpaired) electrons. The number of benzene rings is 1. The molecule has 0 saturated heterocycles. The summed E-state index contributed by atoms with van der Waals surface area (Å²) in [4.78, 5) is 0. The van der Waals surface area contributed by atoms with E-state index in [1.165, 1.54) is 0 Å². The van der Waals surface area contributed by atoms with Gasteiger partial charge in [-0.25, -0.2) is 4.39 Å². The average Bonchev–Trinajstić information content (AvgIpc) is 2.27. The minimum absolute atomic E-state index is 0.0401. The van der Waals surface area contributed by atoms with E-state index >= 15 is 0 Å². The van der Waals surface area contributed by atoms with Gasteiger partial charge in [-0.1, -0.05) is 25.1 Å². The van der Waals surface area contributed by atoms with Crippen molar-refractivity contribution in [2.45, 2.75) is 32.0 Å². The largest absolute Gasteiger partial charge is 0.419 e. The third-order valence-electron chi connectivity index (χ3n) is 2.66. The number of hydrogen-bond donors (Lipinski definition) is 1. The van der Waals surface area contributed by atoms with Gasteiger partial charge in [0.05, 0.1) is 11.7 Å². The Kier molecular flexibility index (Phi) is 4.51. The summed E-state index contributed by atoms with van der Waals surface area (Å²) in [5, 5.41) is 9.75. The van der Waals surface area contributed by atoms with Crippen LogP contribution in [0.25, 0.3) is 0 Å². The summed E-state index contributed by atoms with van der Waals surface area (Å²) in [6.45, 7) is 5.51. The number of alkyl halides is 3. The van der Waals surface area contributed by atoms with E-state index in [0.29, 0.717) is 12.5 Å². The summed E-state index contributed by atoms with van der Waals surface area (Å²) in [5.74, 6) is -1.34. The van der Waals surface area contributed by atoms with E-state index in [-0.39, 0.29) is 12.0 Å². The Morgan fingerprint density at radius 1 is 1.39 bits per heavy atom. The molecule has 5 heteroatoms. The molecule has 1 aromatic rings. The van der Waals surface area contributed by atoms with Crippen LogP contribution >= 0.6 is 0 Å². The van der Waals surface area contributed by atoms with Crippen molar-refractivity contribution < 1.29 is 22.7 Å². The van der Waals surface area contributed by atoms with Crippen molar-refractivity contribution in [1.82, 2.24) is 0 Å². The first-order valence-corrected chi connectivity index (χ1v) is 5.47. The van der Waals surface area contributed by atoms with Gasteiger partial charge in [-0.05, 0) is 30.5 Å². The van der Waals surface area contributed by atoms with Crippen molar-refractivity contribution in [2.75, 3.05) is 0 Å². The second kappa shape index (κ2) is 5.52. The predicted octanol–water partition coefficient (Wildman–Crippen LogP) is 4.23. The van der Waals surface area contributed by atoms with E-state index in [1.807, 2.05) is 6.92 Å². The summed E-state index contributed by atoms with van der Waals surface area (Å²) in [5.41, 5.74) is -0.597. The first-order chi connectivity index (χ1) is 8.25. The zero-order chi connectivity index (χ0) is 13.9. The summed E-state index contributed by atoms with van der Waals surface area (Å²) in [7, 11) is 0. The van der Waals surface area contributed by atoms with Crippen LogP contribution in [0.5, 0.6) is 0 Å². The third kappa shape index (κ3) is 3.57. The van der Waals surface area contributed by atoms with Crippen LogP contribution in [0.15, 0.2) is 30.4 Å². The van der Waals surface area contributed by atoms with Gasteiger partial charge in [-0.3, -0.25) is 0 Å². The molecule has 0 saturated carbocycles. The number of aliphatic hydroxyl groups excluding tert-OH is 1. The number of hydrogen-bond acceptors (Lipinski definition) is 1. The van der Waals surface area contributed by atoms with E-state index in [2.05, 4.69) is 6.58 Å². The minimum Gasteiger partial charge on any atom is -0.388 e. The molecule has 1 aromatic carbocycles. The van der Waals surface area contributed by atoms with Crippen LogP contribution in [0.1, 0.15) is 37.0 Å². The lowest BCUT2D eigenvalue weighted by molar-refractivity contribution is -0.140. The molecular weight excluding hydrogens is 248 g/mol. The van der Waals surface area contributed by atoms with Crippen molar-refractivity contribution in [3.8, 4) is 0 Å². The van der Waals surface area contributed by atoms with Crippen molar-refractivity contribution in [1.29, 1.82) is 0 Å². The molecule has 1 rings (SSSR count). The number of aliphatic hydroxyl groups is 1. The quantitative estimate of drug-likeness (QED) is 0.635. The van der Waals surface area contributed by atoms with Gasteiger partial charge in [0, 0.05) is 0 Å². The monoisotopic (exact) mass is 262 g/mol. The molecule has 1 nitrogen and oxygen atoms in total. The molecule has 0 spiro atoms. The van der Waals surface area contributed by atoms with Crippen molar-refractivity contribution in [3.05, 3.63) is 47.3 Å². The molecule has 0 bridgehead atoms. The van der Waals surface area contributed by atoms with E-state index in [0.717, 1.165) is 17.7 Å². The van der Waals surface area contributed by atoms with Gasteiger partial charge < -0.3 is 5.11 Å². The molecular formula is C13H14F4O. The van der Waals surface area contributed by atoms with Crippen LogP contribution in [0.3, 0.4) is 0 Å². The average molecular weight is 262 g/mol. The highest BCUT2D eigenvalue weighted by Gasteiger charge is 2.34. The highest BCUT2D eigenvalue weighted by Crippen LogP contribution is 2.33. The van der Waals surface area contributed by atoms with Gasteiger partial charge in [0.25, 0.3) is 0 Å². The van der Waals surface area contributed by atoms with Crippen LogP contribution in [-0.2, 0) is 6.18 Å². The summed E-state index contributed by atoms with van der Waals surface area (Å²) >= 11 is 0. The van der Waals surface area contributed by atoms with Gasteiger partial charge >= 0.3 is 6.18 Å². The van der Waals surface area contributed by atoms with Gasteiger partial charge in [0.15, 0.2) is 0 Å². The lowest BCUT2D eigenvalue weighted by Gasteiger charge is -2.15. The molecule has 0 heterocycles. The van der Waals surface area contributed by atoms with Crippen molar-refractivity contribution in [3.63, 3.8) is 0 Å². The van der Waals surface area contributed by atoms with Gasteiger partial charge in [-0.2, -0.15) is 13.2 Å². The maximum absolute atomic E-state index is 13.0. The molecule has 0 aliphatic rings. The van der Waals surface area contributed by atoms with Crippen molar-refractivity contribution in [2.24, 2.45) is 0 Å². The van der Waals surface area contributed by atoms with Crippen molar-refractivity contribution >= 4 is 0 Å². The Balaban J connectivity index is 3.01. The summed E-state index contributed by atoms with van der Waals surface area (Å²) < 4.78 is 50.5. The first-order valence-electron chi connectivity index (χ1n) is 5.47. The van der Waals surface area contributed by atoms with E-state index in [1.54, 1.807) is 0 Å². The Bertz CT molecular complexity index is 437. The number of rotatable bonds is 4. The highest BCUT2D eigenvalue weighted by molar-refractivity contribution is 5.29. The fourth-order valence-electron chi connectivity index (χ4n) is 1.50. The molecule has 100 valence electrons. The summed E-state index contributed by atoms with van der Waals surface area (Å²) in [6.07, 6.45) is -5.06. The highest BCUT2D eigenvalue weighted by atomic mass is 19.4. The lowest BCUT2D eigenvalue weighted by Crippen LogP contribution is -2.10. The molecule has 1 N–H and O–H groups in total. The fraction of sp³-hybridized carbons (Fsp3) is 0.385. The third-order valence-corrected chi connectivity index (χ3v) is 2.66. The topological polar surface area (TPSA) is 20.2 Å². The fourth-order valence-corrected chi connectivity index (χ4v) is 1.50. The molecule has 0 aromatic heterocycles. The van der Waals surface area contributed by atoms with Crippen LogP contribution in [0.2, 0.25) is 0 Å². The van der Waals surface area contributed by atoms with Crippen LogP contribution in [0.4, 0.5) is 17.6 Å². The van der Waals surface area contributed by atoms with Crippen LogP contribution < -0.4 is 0 Å². The Labute approximate surface area is 103 Å². The Hall–Kier alpha value is -1.36. The predicted molar refractivity (Wildman–Crippen MR) is 60.4 cm³/mol. The van der Waals surface area contributed by atoms with Crippen LogP contribution in [0, 0.1) is 5.82 Å². The maximum Gasteiger partial charge on any atom is 0.419 e. The van der Waals surface area contributed by atoms with Gasteiger partial charge in [0.2, 0.25) is 0 Å². The maximum atomic E-state index is 13.0. The molecule has 0 aliphatic carbocycles. The molecule has 18 heavy (non-hydrogen) atoms. The van der Waals surface area contributed by atoms with E-state index in [4.69, 9.17) is 0 Å². The second-order valence-corrected chi connectivity index (χ2v) is 4.06. The summed E-state index contributed by atoms with van der Waals surface area (Å²) in [6, 6.07) is 2.51. The number of halogens is 4. The van der Waals surface area contributed by atoms with Gasteiger partial charge in [-0.15, -0.1) is 0 Å². The molecule has 0 fully saturated rings. The normalized spacial score (nSPS) is 13.4. The van der Waals surface area contributed by atoms with Gasteiger partial charge in [0.1, 0.15) is 5.82 Å². The smallest absolute Gasteiger partial charge is 0.388 e. The Morgan fingerprint density at radius 2 is 2.00 bits per heavy atom. The molecule has 1 unspecified atom stereocenters. The van der Waals surface area contributed by atoms with Crippen LogP contribution in [-0.4, -0.2) is 5.11 Å². The standard InChI is InChI=1S/C13H14F4O/c1-3-8(2)6-12(18)9-4-5-11(14)10(7-9)13(15,16)17/h4-5,7,12,18H,2-3,6H2,1H3. The minimum atomic E-state index is -4.76. The van der Waals surface area contributed by atoms with E-state index in [9.17, 15) is 22.7 Å². The zero-order valence-electron chi connectivity index (χ0n) is 9.89. The van der Waals surface area contributed by atoms with E-state index < -0.39 is 23.7 Å². The SMILES string of the molecule is C=C(CC)CC(O)c1ccc(F)c(C(F)(F)F)c1. The Morgan fingerprint density at radius 3 is 2.50 bits per heavy atom. The second-order valence-electron chi connectivity index (χ2n) is 4.06. The zero-order valence-corrected chi connectivity index (χ0v) is 9.89. The molecule has 0 aliphatic heterocycles. The first kappa shape index (κ1) is 14.7. The molecule has 0 amide bonds. The molecule has 1 atom stereocenters. The lowest BCUT2D eigenvalue weighted by atomic mass is 9.99.